The van der Waals surface area contributed by atoms with Gasteiger partial charge >= 0.3 is 5.97 Å². The Morgan fingerprint density at radius 2 is 1.93 bits per heavy atom. The van der Waals surface area contributed by atoms with Gasteiger partial charge in [0.2, 0.25) is 0 Å². The first kappa shape index (κ1) is 10.8. The third-order valence-corrected chi connectivity index (χ3v) is 2.29. The number of rotatable bonds is 3. The molecule has 1 aromatic heterocycles. The van der Waals surface area contributed by atoms with Crippen LogP contribution in [0.25, 0.3) is 0 Å². The molecule has 78 valence electrons. The molecule has 0 saturated heterocycles. The topological polar surface area (TPSA) is 31.2 Å². The second-order valence-electron chi connectivity index (χ2n) is 3.64. The number of carbonyl (C=O) groups is 1. The summed E-state index contributed by atoms with van der Waals surface area (Å²) in [6.45, 7) is 8.02. The number of carbonyl (C=O) groups excluding carboxylic acids is 1. The molecule has 0 aliphatic carbocycles. The van der Waals surface area contributed by atoms with Crippen LogP contribution in [0.5, 0.6) is 0 Å². The lowest BCUT2D eigenvalue weighted by atomic mass is 10.3. The predicted molar refractivity (Wildman–Crippen MR) is 55.3 cm³/mol. The lowest BCUT2D eigenvalue weighted by Crippen LogP contribution is -2.16. The quantitative estimate of drug-likeness (QED) is 0.692. The Hall–Kier alpha value is -1.25. The van der Waals surface area contributed by atoms with Gasteiger partial charge in [-0.3, -0.25) is 4.79 Å². The van der Waals surface area contributed by atoms with Gasteiger partial charge in [-0.25, -0.2) is 0 Å². The van der Waals surface area contributed by atoms with E-state index in [0.29, 0.717) is 6.61 Å². The average Bonchev–Trinajstić information content (AvgIpc) is 2.42. The number of nitrogens with zero attached hydrogens (tertiary/aromatic N) is 1. The fraction of sp³-hybridized carbons (Fsp3) is 0.545. The van der Waals surface area contributed by atoms with Crippen LogP contribution in [-0.4, -0.2) is 17.1 Å². The van der Waals surface area contributed by atoms with Gasteiger partial charge in [-0.2, -0.15) is 0 Å². The minimum absolute atomic E-state index is 0.203. The predicted octanol–water partition coefficient (Wildman–Crippen LogP) is 2.23. The smallest absolute Gasteiger partial charge is 0.302 e. The van der Waals surface area contributed by atoms with Crippen molar-refractivity contribution in [2.75, 3.05) is 6.61 Å². The SMILES string of the molecule is CC(=O)OC[C@H](C)n1c(C)ccc1C. The Labute approximate surface area is 84.7 Å². The van der Waals surface area contributed by atoms with Crippen molar-refractivity contribution in [3.8, 4) is 0 Å². The van der Waals surface area contributed by atoms with Crippen molar-refractivity contribution in [2.45, 2.75) is 33.7 Å². The highest BCUT2D eigenvalue weighted by Gasteiger charge is 2.10. The van der Waals surface area contributed by atoms with E-state index in [9.17, 15) is 4.79 Å². The molecule has 1 atom stereocenters. The summed E-state index contributed by atoms with van der Waals surface area (Å²) in [4.78, 5) is 10.7. The zero-order chi connectivity index (χ0) is 10.7. The van der Waals surface area contributed by atoms with E-state index in [1.54, 1.807) is 0 Å². The highest BCUT2D eigenvalue weighted by molar-refractivity contribution is 5.65. The molecular weight excluding hydrogens is 178 g/mol. The van der Waals surface area contributed by atoms with Crippen LogP contribution in [0, 0.1) is 13.8 Å². The van der Waals surface area contributed by atoms with E-state index in [2.05, 4.69) is 30.5 Å². The Morgan fingerprint density at radius 3 is 2.36 bits per heavy atom. The van der Waals surface area contributed by atoms with E-state index in [4.69, 9.17) is 4.74 Å². The first-order valence-corrected chi connectivity index (χ1v) is 4.80. The molecule has 3 heteroatoms. The summed E-state index contributed by atoms with van der Waals surface area (Å²) >= 11 is 0. The molecule has 14 heavy (non-hydrogen) atoms. The number of esters is 1. The van der Waals surface area contributed by atoms with Crippen molar-refractivity contribution >= 4 is 5.97 Å². The van der Waals surface area contributed by atoms with E-state index < -0.39 is 0 Å². The lowest BCUT2D eigenvalue weighted by Gasteiger charge is -2.17. The van der Waals surface area contributed by atoms with Gasteiger partial charge in [0, 0.05) is 18.3 Å². The lowest BCUT2D eigenvalue weighted by molar-refractivity contribution is -0.141. The molecule has 0 spiro atoms. The molecule has 0 bridgehead atoms. The van der Waals surface area contributed by atoms with Gasteiger partial charge in [0.15, 0.2) is 0 Å². The van der Waals surface area contributed by atoms with Crippen molar-refractivity contribution in [1.29, 1.82) is 0 Å². The Balaban J connectivity index is 2.69. The van der Waals surface area contributed by atoms with Gasteiger partial charge in [-0.15, -0.1) is 0 Å². The Kier molecular flexibility index (Phi) is 3.33. The van der Waals surface area contributed by atoms with E-state index in [1.807, 2.05) is 6.92 Å². The van der Waals surface area contributed by atoms with Crippen LogP contribution in [0.3, 0.4) is 0 Å². The number of ether oxygens (including phenoxy) is 1. The van der Waals surface area contributed by atoms with Crippen LogP contribution in [0.1, 0.15) is 31.3 Å². The van der Waals surface area contributed by atoms with Gasteiger partial charge in [0.25, 0.3) is 0 Å². The second kappa shape index (κ2) is 4.31. The van der Waals surface area contributed by atoms with E-state index in [1.165, 1.54) is 18.3 Å². The summed E-state index contributed by atoms with van der Waals surface area (Å²) in [5.41, 5.74) is 2.39. The molecule has 0 aliphatic heterocycles. The summed E-state index contributed by atoms with van der Waals surface area (Å²) in [5.74, 6) is -0.223. The molecule has 0 fully saturated rings. The molecule has 0 saturated carbocycles. The van der Waals surface area contributed by atoms with Gasteiger partial charge < -0.3 is 9.30 Å². The fourth-order valence-corrected chi connectivity index (χ4v) is 1.69. The molecule has 0 amide bonds. The maximum atomic E-state index is 10.7. The van der Waals surface area contributed by atoms with E-state index in [-0.39, 0.29) is 12.0 Å². The van der Waals surface area contributed by atoms with Crippen LogP contribution >= 0.6 is 0 Å². The normalized spacial score (nSPS) is 12.6. The van der Waals surface area contributed by atoms with Crippen molar-refractivity contribution in [2.24, 2.45) is 0 Å². The minimum Gasteiger partial charge on any atom is -0.464 e. The standard InChI is InChI=1S/C11H17NO2/c1-8-5-6-9(2)12(8)10(3)7-14-11(4)13/h5-6,10H,7H2,1-4H3/t10-/m0/s1. The molecular formula is C11H17NO2. The average molecular weight is 195 g/mol. The molecule has 0 N–H and O–H groups in total. The molecule has 0 unspecified atom stereocenters. The largest absolute Gasteiger partial charge is 0.464 e. The molecule has 3 nitrogen and oxygen atoms in total. The summed E-state index contributed by atoms with van der Waals surface area (Å²) < 4.78 is 7.15. The molecule has 1 rings (SSSR count). The maximum Gasteiger partial charge on any atom is 0.302 e. The zero-order valence-electron chi connectivity index (χ0n) is 9.20. The summed E-state index contributed by atoms with van der Waals surface area (Å²) in [7, 11) is 0. The van der Waals surface area contributed by atoms with Crippen LogP contribution in [0.15, 0.2) is 12.1 Å². The fourth-order valence-electron chi connectivity index (χ4n) is 1.69. The summed E-state index contributed by atoms with van der Waals surface area (Å²) in [6.07, 6.45) is 0. The van der Waals surface area contributed by atoms with Crippen molar-refractivity contribution in [3.05, 3.63) is 23.5 Å². The van der Waals surface area contributed by atoms with Crippen LogP contribution in [0.4, 0.5) is 0 Å². The number of hydrogen-bond donors (Lipinski definition) is 0. The molecule has 1 heterocycles. The number of hydrogen-bond acceptors (Lipinski definition) is 2. The number of aromatic nitrogens is 1. The number of aryl methyl sites for hydroxylation is 2. The Morgan fingerprint density at radius 1 is 1.43 bits per heavy atom. The molecule has 0 aliphatic rings. The highest BCUT2D eigenvalue weighted by Crippen LogP contribution is 2.15. The summed E-state index contributed by atoms with van der Waals surface area (Å²) in [5, 5.41) is 0. The first-order chi connectivity index (χ1) is 6.52. The third-order valence-electron chi connectivity index (χ3n) is 2.29. The van der Waals surface area contributed by atoms with Crippen molar-refractivity contribution in [1.82, 2.24) is 4.57 Å². The van der Waals surface area contributed by atoms with Crippen molar-refractivity contribution in [3.63, 3.8) is 0 Å². The van der Waals surface area contributed by atoms with Crippen molar-refractivity contribution < 1.29 is 9.53 Å². The van der Waals surface area contributed by atoms with Gasteiger partial charge in [0.05, 0.1) is 6.04 Å². The zero-order valence-corrected chi connectivity index (χ0v) is 9.20. The van der Waals surface area contributed by atoms with Crippen LogP contribution in [0.2, 0.25) is 0 Å². The van der Waals surface area contributed by atoms with E-state index >= 15 is 0 Å². The monoisotopic (exact) mass is 195 g/mol. The van der Waals surface area contributed by atoms with Gasteiger partial charge in [-0.1, -0.05) is 0 Å². The Bertz CT molecular complexity index is 309. The van der Waals surface area contributed by atoms with Crippen LogP contribution in [-0.2, 0) is 9.53 Å². The second-order valence-corrected chi connectivity index (χ2v) is 3.64. The molecule has 0 radical (unpaired) electrons. The van der Waals surface area contributed by atoms with Gasteiger partial charge in [-0.05, 0) is 32.9 Å². The molecule has 0 aromatic carbocycles. The third kappa shape index (κ3) is 2.37. The first-order valence-electron chi connectivity index (χ1n) is 4.80. The molecule has 1 aromatic rings. The highest BCUT2D eigenvalue weighted by atomic mass is 16.5. The summed E-state index contributed by atoms with van der Waals surface area (Å²) in [6, 6.07) is 4.34. The minimum atomic E-state index is -0.223. The van der Waals surface area contributed by atoms with E-state index in [0.717, 1.165) is 0 Å². The van der Waals surface area contributed by atoms with Crippen LogP contribution < -0.4 is 0 Å². The van der Waals surface area contributed by atoms with Gasteiger partial charge in [0.1, 0.15) is 6.61 Å². The maximum absolute atomic E-state index is 10.7.